The molecule has 2 aromatic rings. The summed E-state index contributed by atoms with van der Waals surface area (Å²) in [6, 6.07) is 8.98. The van der Waals surface area contributed by atoms with Crippen LogP contribution in [0.5, 0.6) is 11.5 Å². The number of aromatic nitrogens is 1. The Morgan fingerprint density at radius 2 is 1.84 bits per heavy atom. The molecule has 7 nitrogen and oxygen atoms in total. The van der Waals surface area contributed by atoms with E-state index < -0.39 is 10.0 Å². The highest BCUT2D eigenvalue weighted by Crippen LogP contribution is 2.33. The second-order valence-corrected chi connectivity index (χ2v) is 7.53. The molecule has 1 aromatic carbocycles. The van der Waals surface area contributed by atoms with Crippen LogP contribution in [0.25, 0.3) is 0 Å². The van der Waals surface area contributed by atoms with E-state index in [0.717, 1.165) is 23.5 Å². The number of fused-ring (bicyclic) bond motifs is 1. The van der Waals surface area contributed by atoms with Gasteiger partial charge in [-0.15, -0.1) is 0 Å². The Hall–Kier alpha value is -2.48. The van der Waals surface area contributed by atoms with Gasteiger partial charge in [0.1, 0.15) is 19.0 Å². The Kier molecular flexibility index (Phi) is 5.28. The molecule has 134 valence electrons. The summed E-state index contributed by atoms with van der Waals surface area (Å²) in [6.07, 6.45) is 3.03. The van der Waals surface area contributed by atoms with Crippen LogP contribution >= 0.6 is 0 Å². The van der Waals surface area contributed by atoms with Crippen molar-refractivity contribution < 1.29 is 17.9 Å². The minimum Gasteiger partial charge on any atom is -0.486 e. The first-order valence-corrected chi connectivity index (χ1v) is 9.84. The van der Waals surface area contributed by atoms with Crippen molar-refractivity contribution in [3.05, 3.63) is 36.5 Å². The lowest BCUT2D eigenvalue weighted by atomic mass is 10.2. The maximum atomic E-state index is 11.9. The quantitative estimate of drug-likeness (QED) is 0.785. The van der Waals surface area contributed by atoms with Crippen LogP contribution in [0.3, 0.4) is 0 Å². The number of benzene rings is 1. The Labute approximate surface area is 147 Å². The molecule has 2 N–H and O–H groups in total. The number of pyridine rings is 1. The minimum atomic E-state index is -3.34. The number of hydrogen-bond donors (Lipinski definition) is 2. The molecule has 8 heteroatoms. The Morgan fingerprint density at radius 1 is 1.08 bits per heavy atom. The summed E-state index contributed by atoms with van der Waals surface area (Å²) in [7, 11) is -3.34. The van der Waals surface area contributed by atoms with Gasteiger partial charge in [-0.3, -0.25) is 4.72 Å². The van der Waals surface area contributed by atoms with Crippen LogP contribution in [0.4, 0.5) is 17.2 Å². The molecule has 1 aliphatic heterocycles. The van der Waals surface area contributed by atoms with Crippen molar-refractivity contribution in [1.29, 1.82) is 0 Å². The zero-order valence-electron chi connectivity index (χ0n) is 14.0. The van der Waals surface area contributed by atoms with Crippen molar-refractivity contribution >= 4 is 27.2 Å². The number of anilines is 3. The van der Waals surface area contributed by atoms with Crippen LogP contribution in [-0.4, -0.2) is 32.4 Å². The van der Waals surface area contributed by atoms with Crippen molar-refractivity contribution in [1.82, 2.24) is 4.98 Å². The maximum absolute atomic E-state index is 11.9. The molecule has 0 aliphatic carbocycles. The highest BCUT2D eigenvalue weighted by atomic mass is 32.2. The predicted octanol–water partition coefficient (Wildman–Crippen LogP) is 3.14. The van der Waals surface area contributed by atoms with E-state index in [2.05, 4.69) is 15.0 Å². The standard InChI is InChI=1S/C17H21N3O4S/c1-2-3-10-25(21,22)20-17-7-5-14(12-18-17)19-13-4-6-15-16(11-13)24-9-8-23-15/h4-7,11-12,19H,2-3,8-10H2,1H3,(H,18,20). The van der Waals surface area contributed by atoms with Crippen molar-refractivity contribution in [2.24, 2.45) is 0 Å². The van der Waals surface area contributed by atoms with Gasteiger partial charge >= 0.3 is 0 Å². The molecule has 0 unspecified atom stereocenters. The molecule has 1 aliphatic rings. The van der Waals surface area contributed by atoms with Crippen LogP contribution in [0.1, 0.15) is 19.8 Å². The summed E-state index contributed by atoms with van der Waals surface area (Å²) in [5.41, 5.74) is 1.58. The average Bonchev–Trinajstić information content (AvgIpc) is 2.61. The Morgan fingerprint density at radius 3 is 2.56 bits per heavy atom. The topological polar surface area (TPSA) is 89.6 Å². The van der Waals surface area contributed by atoms with Crippen LogP contribution < -0.4 is 19.5 Å². The highest BCUT2D eigenvalue weighted by Gasteiger charge is 2.12. The fourth-order valence-electron chi connectivity index (χ4n) is 2.36. The second kappa shape index (κ2) is 7.60. The molecule has 0 atom stereocenters. The summed E-state index contributed by atoms with van der Waals surface area (Å²) < 4.78 is 37.3. The molecule has 0 fully saturated rings. The van der Waals surface area contributed by atoms with Crippen molar-refractivity contribution in [3.63, 3.8) is 0 Å². The summed E-state index contributed by atoms with van der Waals surface area (Å²) in [5, 5.41) is 3.20. The van der Waals surface area contributed by atoms with Crippen LogP contribution in [0.2, 0.25) is 0 Å². The highest BCUT2D eigenvalue weighted by molar-refractivity contribution is 7.92. The van der Waals surface area contributed by atoms with Crippen LogP contribution in [0.15, 0.2) is 36.5 Å². The van der Waals surface area contributed by atoms with E-state index in [1.165, 1.54) is 0 Å². The van der Waals surface area contributed by atoms with E-state index in [0.29, 0.717) is 31.2 Å². The third kappa shape index (κ3) is 4.76. The number of nitrogens with zero attached hydrogens (tertiary/aromatic N) is 1. The number of ether oxygens (including phenoxy) is 2. The normalized spacial score (nSPS) is 13.3. The fourth-order valence-corrected chi connectivity index (χ4v) is 3.57. The molecule has 0 saturated carbocycles. The minimum absolute atomic E-state index is 0.0996. The Bertz CT molecular complexity index is 822. The summed E-state index contributed by atoms with van der Waals surface area (Å²) >= 11 is 0. The SMILES string of the molecule is CCCCS(=O)(=O)Nc1ccc(Nc2ccc3c(c2)OCCO3)cn1. The van der Waals surface area contributed by atoms with Crippen molar-refractivity contribution in [2.75, 3.05) is 29.0 Å². The molecule has 0 saturated heterocycles. The van der Waals surface area contributed by atoms with Gasteiger partial charge in [-0.1, -0.05) is 13.3 Å². The number of nitrogens with one attached hydrogen (secondary N) is 2. The van der Waals surface area contributed by atoms with Gasteiger partial charge in [0.25, 0.3) is 0 Å². The van der Waals surface area contributed by atoms with Gasteiger partial charge in [0, 0.05) is 11.8 Å². The maximum Gasteiger partial charge on any atom is 0.233 e. The fraction of sp³-hybridized carbons (Fsp3) is 0.353. The van der Waals surface area contributed by atoms with Gasteiger partial charge in [-0.05, 0) is 30.7 Å². The van der Waals surface area contributed by atoms with E-state index in [9.17, 15) is 8.42 Å². The molecule has 3 rings (SSSR count). The average molecular weight is 363 g/mol. The monoisotopic (exact) mass is 363 g/mol. The lowest BCUT2D eigenvalue weighted by Crippen LogP contribution is -2.17. The predicted molar refractivity (Wildman–Crippen MR) is 97.3 cm³/mol. The molecule has 0 amide bonds. The van der Waals surface area contributed by atoms with Crippen LogP contribution in [0, 0.1) is 0 Å². The zero-order chi connectivity index (χ0) is 17.7. The summed E-state index contributed by atoms with van der Waals surface area (Å²) in [5.74, 6) is 1.84. The first kappa shape index (κ1) is 17.3. The van der Waals surface area contributed by atoms with Gasteiger partial charge in [0.15, 0.2) is 11.5 Å². The summed E-state index contributed by atoms with van der Waals surface area (Å²) in [4.78, 5) is 4.15. The second-order valence-electron chi connectivity index (χ2n) is 5.69. The van der Waals surface area contributed by atoms with Crippen molar-refractivity contribution in [3.8, 4) is 11.5 Å². The number of hydrogen-bond acceptors (Lipinski definition) is 6. The molecule has 0 bridgehead atoms. The lowest BCUT2D eigenvalue weighted by Gasteiger charge is -2.19. The van der Waals surface area contributed by atoms with Gasteiger partial charge in [0.2, 0.25) is 10.0 Å². The molecular formula is C17H21N3O4S. The first-order chi connectivity index (χ1) is 12.1. The van der Waals surface area contributed by atoms with Gasteiger partial charge < -0.3 is 14.8 Å². The summed E-state index contributed by atoms with van der Waals surface area (Å²) in [6.45, 7) is 3.04. The molecule has 0 spiro atoms. The zero-order valence-corrected chi connectivity index (χ0v) is 14.8. The first-order valence-electron chi connectivity index (χ1n) is 8.19. The number of unbranched alkanes of at least 4 members (excludes halogenated alkanes) is 1. The van der Waals surface area contributed by atoms with Crippen molar-refractivity contribution in [2.45, 2.75) is 19.8 Å². The number of rotatable bonds is 7. The third-order valence-corrected chi connectivity index (χ3v) is 4.97. The van der Waals surface area contributed by atoms with Gasteiger partial charge in [-0.2, -0.15) is 0 Å². The molecule has 1 aromatic heterocycles. The van der Waals surface area contributed by atoms with Gasteiger partial charge in [-0.25, -0.2) is 13.4 Å². The molecule has 0 radical (unpaired) electrons. The van der Waals surface area contributed by atoms with E-state index in [1.54, 1.807) is 18.3 Å². The Balaban J connectivity index is 1.65. The van der Waals surface area contributed by atoms with E-state index >= 15 is 0 Å². The van der Waals surface area contributed by atoms with E-state index in [1.807, 2.05) is 25.1 Å². The molecule has 25 heavy (non-hydrogen) atoms. The molecular weight excluding hydrogens is 342 g/mol. The van der Waals surface area contributed by atoms with Crippen LogP contribution in [-0.2, 0) is 10.0 Å². The van der Waals surface area contributed by atoms with E-state index in [-0.39, 0.29) is 5.75 Å². The largest absolute Gasteiger partial charge is 0.486 e. The van der Waals surface area contributed by atoms with E-state index in [4.69, 9.17) is 9.47 Å². The lowest BCUT2D eigenvalue weighted by molar-refractivity contribution is 0.171. The van der Waals surface area contributed by atoms with Gasteiger partial charge in [0.05, 0.1) is 17.6 Å². The third-order valence-electron chi connectivity index (χ3n) is 3.62. The number of sulfonamides is 1. The molecule has 2 heterocycles. The smallest absolute Gasteiger partial charge is 0.233 e.